The van der Waals surface area contributed by atoms with Crippen molar-refractivity contribution in [2.75, 3.05) is 36.5 Å². The van der Waals surface area contributed by atoms with E-state index in [9.17, 15) is 14.9 Å². The fourth-order valence-electron chi connectivity index (χ4n) is 2.50. The average Bonchev–Trinajstić information content (AvgIpc) is 2.68. The first kappa shape index (κ1) is 17.6. The number of carbonyl (C=O) groups excluding carboxylic acids is 1. The second-order valence-electron chi connectivity index (χ2n) is 5.68. The van der Waals surface area contributed by atoms with Gasteiger partial charge in [0.05, 0.1) is 30.0 Å². The third-order valence-corrected chi connectivity index (χ3v) is 3.88. The van der Waals surface area contributed by atoms with E-state index in [4.69, 9.17) is 4.74 Å². The van der Waals surface area contributed by atoms with E-state index in [2.05, 4.69) is 15.2 Å². The predicted octanol–water partition coefficient (Wildman–Crippen LogP) is 2.48. The maximum atomic E-state index is 12.0. The van der Waals surface area contributed by atoms with E-state index < -0.39 is 4.92 Å². The molecular formula is C18H18N4O4. The number of ether oxygens (including phenoxy) is 1. The van der Waals surface area contributed by atoms with Gasteiger partial charge in [-0.1, -0.05) is 0 Å². The molecule has 1 aliphatic heterocycles. The Morgan fingerprint density at radius 3 is 2.54 bits per heavy atom. The molecule has 1 aliphatic rings. The molecule has 0 spiro atoms. The maximum Gasteiger partial charge on any atom is 0.269 e. The van der Waals surface area contributed by atoms with Gasteiger partial charge >= 0.3 is 0 Å². The van der Waals surface area contributed by atoms with Crippen LogP contribution in [0.25, 0.3) is 6.08 Å². The number of rotatable bonds is 5. The molecule has 1 saturated heterocycles. The molecule has 1 aromatic carbocycles. The molecule has 1 amide bonds. The molecule has 2 heterocycles. The van der Waals surface area contributed by atoms with E-state index in [1.54, 1.807) is 30.5 Å². The van der Waals surface area contributed by atoms with Crippen molar-refractivity contribution in [2.45, 2.75) is 0 Å². The van der Waals surface area contributed by atoms with E-state index >= 15 is 0 Å². The van der Waals surface area contributed by atoms with Crippen LogP contribution in [0, 0.1) is 10.1 Å². The zero-order valence-electron chi connectivity index (χ0n) is 14.0. The molecule has 0 unspecified atom stereocenters. The summed E-state index contributed by atoms with van der Waals surface area (Å²) < 4.78 is 5.31. The lowest BCUT2D eigenvalue weighted by Gasteiger charge is -2.27. The summed E-state index contributed by atoms with van der Waals surface area (Å²) in [6, 6.07) is 9.62. The summed E-state index contributed by atoms with van der Waals surface area (Å²) >= 11 is 0. The fraction of sp³-hybridized carbons (Fsp3) is 0.222. The van der Waals surface area contributed by atoms with Gasteiger partial charge in [-0.05, 0) is 35.9 Å². The van der Waals surface area contributed by atoms with Crippen LogP contribution < -0.4 is 10.2 Å². The van der Waals surface area contributed by atoms with Crippen molar-refractivity contribution in [3.05, 3.63) is 64.3 Å². The van der Waals surface area contributed by atoms with Gasteiger partial charge in [-0.3, -0.25) is 14.9 Å². The quantitative estimate of drug-likeness (QED) is 0.503. The summed E-state index contributed by atoms with van der Waals surface area (Å²) in [6.45, 7) is 2.98. The van der Waals surface area contributed by atoms with Crippen LogP contribution in [0.2, 0.25) is 0 Å². The molecule has 26 heavy (non-hydrogen) atoms. The van der Waals surface area contributed by atoms with Crippen LogP contribution in [0.15, 0.2) is 48.7 Å². The van der Waals surface area contributed by atoms with Crippen LogP contribution in [0.5, 0.6) is 0 Å². The van der Waals surface area contributed by atoms with Crippen LogP contribution in [-0.2, 0) is 9.53 Å². The molecule has 1 aromatic heterocycles. The summed E-state index contributed by atoms with van der Waals surface area (Å²) in [6.07, 6.45) is 4.58. The highest BCUT2D eigenvalue weighted by Crippen LogP contribution is 2.16. The number of nitro benzene ring substituents is 1. The number of amides is 1. The van der Waals surface area contributed by atoms with E-state index in [1.807, 2.05) is 6.07 Å². The van der Waals surface area contributed by atoms with Crippen molar-refractivity contribution >= 4 is 29.2 Å². The Kier molecular flexibility index (Phi) is 5.55. The Morgan fingerprint density at radius 2 is 1.92 bits per heavy atom. The van der Waals surface area contributed by atoms with Crippen molar-refractivity contribution in [1.29, 1.82) is 0 Å². The fourth-order valence-corrected chi connectivity index (χ4v) is 2.50. The van der Waals surface area contributed by atoms with Crippen molar-refractivity contribution < 1.29 is 14.5 Å². The number of nitrogens with one attached hydrogen (secondary N) is 1. The number of non-ortho nitro benzene ring substituents is 1. The van der Waals surface area contributed by atoms with Gasteiger partial charge < -0.3 is 15.0 Å². The number of hydrogen-bond acceptors (Lipinski definition) is 6. The van der Waals surface area contributed by atoms with Crippen LogP contribution in [0.1, 0.15) is 5.56 Å². The standard InChI is InChI=1S/C18H18N4O4/c23-18(8-3-14-1-5-16(6-2-14)22(24)25)20-15-4-7-17(19-13-15)21-9-11-26-12-10-21/h1-8,13H,9-12H2,(H,20,23)/b8-3+. The van der Waals surface area contributed by atoms with Gasteiger partial charge in [0.1, 0.15) is 5.82 Å². The second kappa shape index (κ2) is 8.21. The molecule has 0 atom stereocenters. The number of morpholine rings is 1. The van der Waals surface area contributed by atoms with Gasteiger partial charge in [0.2, 0.25) is 5.91 Å². The monoisotopic (exact) mass is 354 g/mol. The highest BCUT2D eigenvalue weighted by Gasteiger charge is 2.12. The van der Waals surface area contributed by atoms with E-state index in [1.165, 1.54) is 18.2 Å². The molecule has 8 heteroatoms. The summed E-state index contributed by atoms with van der Waals surface area (Å²) in [5.74, 6) is 0.553. The summed E-state index contributed by atoms with van der Waals surface area (Å²) in [7, 11) is 0. The number of aromatic nitrogens is 1. The first-order valence-corrected chi connectivity index (χ1v) is 8.14. The van der Waals surface area contributed by atoms with Crippen molar-refractivity contribution in [3.63, 3.8) is 0 Å². The minimum absolute atomic E-state index is 0.0121. The van der Waals surface area contributed by atoms with Crippen molar-refractivity contribution in [2.24, 2.45) is 0 Å². The van der Waals surface area contributed by atoms with Crippen LogP contribution in [0.3, 0.4) is 0 Å². The lowest BCUT2D eigenvalue weighted by Crippen LogP contribution is -2.36. The number of hydrogen-bond donors (Lipinski definition) is 1. The van der Waals surface area contributed by atoms with Crippen molar-refractivity contribution in [1.82, 2.24) is 4.98 Å². The topological polar surface area (TPSA) is 97.6 Å². The van der Waals surface area contributed by atoms with Gasteiger partial charge in [-0.25, -0.2) is 4.98 Å². The second-order valence-corrected chi connectivity index (χ2v) is 5.68. The number of nitro groups is 1. The van der Waals surface area contributed by atoms with Crippen LogP contribution >= 0.6 is 0 Å². The summed E-state index contributed by atoms with van der Waals surface area (Å²) in [5.41, 5.74) is 1.31. The minimum atomic E-state index is -0.465. The average molecular weight is 354 g/mol. The van der Waals surface area contributed by atoms with E-state index in [-0.39, 0.29) is 11.6 Å². The normalized spacial score (nSPS) is 14.4. The Balaban J connectivity index is 1.56. The molecular weight excluding hydrogens is 336 g/mol. The minimum Gasteiger partial charge on any atom is -0.378 e. The maximum absolute atomic E-state index is 12.0. The zero-order chi connectivity index (χ0) is 18.4. The van der Waals surface area contributed by atoms with Gasteiger partial charge in [0.25, 0.3) is 5.69 Å². The summed E-state index contributed by atoms with van der Waals surface area (Å²) in [5, 5.41) is 13.3. The molecule has 134 valence electrons. The number of carbonyl (C=O) groups is 1. The first-order valence-electron chi connectivity index (χ1n) is 8.14. The molecule has 0 aliphatic carbocycles. The van der Waals surface area contributed by atoms with Gasteiger partial charge in [0, 0.05) is 31.3 Å². The Hall–Kier alpha value is -3.26. The third kappa shape index (κ3) is 4.64. The molecule has 1 fully saturated rings. The molecule has 8 nitrogen and oxygen atoms in total. The lowest BCUT2D eigenvalue weighted by molar-refractivity contribution is -0.384. The molecule has 0 bridgehead atoms. The van der Waals surface area contributed by atoms with Crippen LogP contribution in [0.4, 0.5) is 17.2 Å². The Bertz CT molecular complexity index is 797. The molecule has 2 aromatic rings. The summed E-state index contributed by atoms with van der Waals surface area (Å²) in [4.78, 5) is 28.6. The highest BCUT2D eigenvalue weighted by atomic mass is 16.6. The highest BCUT2D eigenvalue weighted by molar-refractivity contribution is 6.01. The van der Waals surface area contributed by atoms with Gasteiger partial charge in [0.15, 0.2) is 0 Å². The van der Waals surface area contributed by atoms with E-state index in [0.717, 1.165) is 18.9 Å². The lowest BCUT2D eigenvalue weighted by atomic mass is 10.2. The number of pyridine rings is 1. The smallest absolute Gasteiger partial charge is 0.269 e. The number of nitrogens with zero attached hydrogens (tertiary/aromatic N) is 3. The number of benzene rings is 1. The Labute approximate surface area is 150 Å². The molecule has 0 radical (unpaired) electrons. The predicted molar refractivity (Wildman–Crippen MR) is 98.0 cm³/mol. The molecule has 0 saturated carbocycles. The SMILES string of the molecule is O=C(/C=C/c1ccc([N+](=O)[O-])cc1)Nc1ccc(N2CCOCC2)nc1. The first-order chi connectivity index (χ1) is 12.6. The van der Waals surface area contributed by atoms with Gasteiger partial charge in [-0.2, -0.15) is 0 Å². The van der Waals surface area contributed by atoms with Gasteiger partial charge in [-0.15, -0.1) is 0 Å². The Morgan fingerprint density at radius 1 is 1.19 bits per heavy atom. The largest absolute Gasteiger partial charge is 0.378 e. The van der Waals surface area contributed by atoms with Crippen LogP contribution in [-0.4, -0.2) is 42.1 Å². The zero-order valence-corrected chi connectivity index (χ0v) is 14.0. The third-order valence-electron chi connectivity index (χ3n) is 3.88. The number of anilines is 2. The van der Waals surface area contributed by atoms with E-state index in [0.29, 0.717) is 24.5 Å². The molecule has 1 N–H and O–H groups in total. The molecule has 3 rings (SSSR count). The van der Waals surface area contributed by atoms with Crippen molar-refractivity contribution in [3.8, 4) is 0 Å².